The van der Waals surface area contributed by atoms with Crippen LogP contribution in [-0.2, 0) is 0 Å². The Labute approximate surface area is 58.3 Å². The monoisotopic (exact) mass is 124 g/mol. The standard InChI is InChI=1S/C9H16/c1-5-7-9(4)8(3)6-2/h5-6,9H,1,7H2,2-4H3/b8-6+. The highest BCUT2D eigenvalue weighted by Crippen LogP contribution is 2.12. The second kappa shape index (κ2) is 4.37. The molecule has 0 saturated heterocycles. The van der Waals surface area contributed by atoms with Gasteiger partial charge in [-0.1, -0.05) is 24.6 Å². The molecule has 0 spiro atoms. The van der Waals surface area contributed by atoms with E-state index in [1.54, 1.807) is 0 Å². The van der Waals surface area contributed by atoms with Crippen molar-refractivity contribution in [3.8, 4) is 0 Å². The average Bonchev–Trinajstić information content (AvgIpc) is 1.87. The van der Waals surface area contributed by atoms with Crippen LogP contribution in [0.2, 0.25) is 0 Å². The molecule has 0 aliphatic carbocycles. The van der Waals surface area contributed by atoms with Gasteiger partial charge in [0.25, 0.3) is 0 Å². The lowest BCUT2D eigenvalue weighted by atomic mass is 9.99. The van der Waals surface area contributed by atoms with Gasteiger partial charge in [-0.3, -0.25) is 0 Å². The minimum absolute atomic E-state index is 0.674. The van der Waals surface area contributed by atoms with Crippen LogP contribution in [0, 0.1) is 5.92 Å². The highest BCUT2D eigenvalue weighted by Gasteiger charge is 1.98. The van der Waals surface area contributed by atoms with E-state index in [2.05, 4.69) is 33.4 Å². The van der Waals surface area contributed by atoms with Crippen LogP contribution in [-0.4, -0.2) is 0 Å². The van der Waals surface area contributed by atoms with Crippen LogP contribution in [0.3, 0.4) is 0 Å². The Hall–Kier alpha value is -0.520. The molecule has 0 aromatic rings. The van der Waals surface area contributed by atoms with E-state index in [1.807, 2.05) is 6.08 Å². The zero-order valence-corrected chi connectivity index (χ0v) is 6.65. The van der Waals surface area contributed by atoms with Crippen molar-refractivity contribution in [2.75, 3.05) is 0 Å². The maximum absolute atomic E-state index is 3.69. The van der Waals surface area contributed by atoms with Gasteiger partial charge in [0.05, 0.1) is 0 Å². The fourth-order valence-electron chi connectivity index (χ4n) is 0.720. The highest BCUT2D eigenvalue weighted by molar-refractivity contribution is 5.01. The van der Waals surface area contributed by atoms with Gasteiger partial charge in [0.2, 0.25) is 0 Å². The zero-order valence-electron chi connectivity index (χ0n) is 6.65. The third kappa shape index (κ3) is 3.12. The second-order valence-electron chi connectivity index (χ2n) is 2.46. The summed E-state index contributed by atoms with van der Waals surface area (Å²) in [6, 6.07) is 0. The Bertz CT molecular complexity index is 109. The summed E-state index contributed by atoms with van der Waals surface area (Å²) in [5.41, 5.74) is 1.45. The van der Waals surface area contributed by atoms with Gasteiger partial charge in [0.15, 0.2) is 0 Å². The van der Waals surface area contributed by atoms with Crippen molar-refractivity contribution in [1.29, 1.82) is 0 Å². The van der Waals surface area contributed by atoms with E-state index < -0.39 is 0 Å². The smallest absolute Gasteiger partial charge is 0.0200 e. The molecule has 0 fully saturated rings. The van der Waals surface area contributed by atoms with Crippen LogP contribution in [0.4, 0.5) is 0 Å². The van der Waals surface area contributed by atoms with Crippen LogP contribution >= 0.6 is 0 Å². The molecule has 52 valence electrons. The minimum atomic E-state index is 0.674. The molecule has 0 nitrogen and oxygen atoms in total. The lowest BCUT2D eigenvalue weighted by Gasteiger charge is -2.07. The molecule has 0 heteroatoms. The highest BCUT2D eigenvalue weighted by atomic mass is 14.0. The summed E-state index contributed by atoms with van der Waals surface area (Å²) in [5, 5.41) is 0. The van der Waals surface area contributed by atoms with Gasteiger partial charge >= 0.3 is 0 Å². The van der Waals surface area contributed by atoms with Crippen molar-refractivity contribution >= 4 is 0 Å². The molecule has 0 aromatic heterocycles. The first kappa shape index (κ1) is 8.48. The summed E-state index contributed by atoms with van der Waals surface area (Å²) in [7, 11) is 0. The molecule has 1 unspecified atom stereocenters. The molecule has 0 rings (SSSR count). The molecule has 0 aliphatic heterocycles. The van der Waals surface area contributed by atoms with Crippen LogP contribution < -0.4 is 0 Å². The SMILES string of the molecule is C=CCC(C)/C(C)=C/C. The summed E-state index contributed by atoms with van der Waals surface area (Å²) < 4.78 is 0. The third-order valence-corrected chi connectivity index (χ3v) is 1.75. The van der Waals surface area contributed by atoms with E-state index in [4.69, 9.17) is 0 Å². The molecular formula is C9H16. The van der Waals surface area contributed by atoms with E-state index in [-0.39, 0.29) is 0 Å². The second-order valence-corrected chi connectivity index (χ2v) is 2.46. The van der Waals surface area contributed by atoms with Crippen LogP contribution in [0.5, 0.6) is 0 Å². The topological polar surface area (TPSA) is 0 Å². The van der Waals surface area contributed by atoms with E-state index in [0.717, 1.165) is 6.42 Å². The summed E-state index contributed by atoms with van der Waals surface area (Å²) in [4.78, 5) is 0. The molecule has 0 aromatic carbocycles. The summed E-state index contributed by atoms with van der Waals surface area (Å²) >= 11 is 0. The number of allylic oxidation sites excluding steroid dienone is 3. The van der Waals surface area contributed by atoms with Gasteiger partial charge in [0, 0.05) is 0 Å². The maximum atomic E-state index is 3.69. The maximum Gasteiger partial charge on any atom is -0.0200 e. The van der Waals surface area contributed by atoms with Gasteiger partial charge in [0.1, 0.15) is 0 Å². The molecular weight excluding hydrogens is 108 g/mol. The average molecular weight is 124 g/mol. The van der Waals surface area contributed by atoms with E-state index in [0.29, 0.717) is 5.92 Å². The van der Waals surface area contributed by atoms with Gasteiger partial charge in [-0.15, -0.1) is 6.58 Å². The first-order valence-corrected chi connectivity index (χ1v) is 3.46. The van der Waals surface area contributed by atoms with E-state index >= 15 is 0 Å². The van der Waals surface area contributed by atoms with Gasteiger partial charge in [-0.2, -0.15) is 0 Å². The lowest BCUT2D eigenvalue weighted by Crippen LogP contribution is -1.92. The van der Waals surface area contributed by atoms with E-state index in [1.165, 1.54) is 5.57 Å². The molecule has 1 atom stereocenters. The van der Waals surface area contributed by atoms with Crippen molar-refractivity contribution in [3.05, 3.63) is 24.3 Å². The number of hydrogen-bond acceptors (Lipinski definition) is 0. The van der Waals surface area contributed by atoms with Crippen molar-refractivity contribution in [3.63, 3.8) is 0 Å². The van der Waals surface area contributed by atoms with Crippen LogP contribution in [0.15, 0.2) is 24.3 Å². The largest absolute Gasteiger partial charge is 0.103 e. The fourth-order valence-corrected chi connectivity index (χ4v) is 0.720. The molecule has 0 aliphatic rings. The number of rotatable bonds is 3. The first-order chi connectivity index (χ1) is 4.22. The fraction of sp³-hybridized carbons (Fsp3) is 0.556. The molecule has 0 amide bonds. The lowest BCUT2D eigenvalue weighted by molar-refractivity contribution is 0.694. The molecule has 0 radical (unpaired) electrons. The van der Waals surface area contributed by atoms with Crippen molar-refractivity contribution in [2.24, 2.45) is 5.92 Å². The van der Waals surface area contributed by atoms with Gasteiger partial charge < -0.3 is 0 Å². The summed E-state index contributed by atoms with van der Waals surface area (Å²) in [6.45, 7) is 10.1. The van der Waals surface area contributed by atoms with Crippen molar-refractivity contribution in [2.45, 2.75) is 27.2 Å². The zero-order chi connectivity index (χ0) is 7.28. The molecule has 0 heterocycles. The molecule has 0 N–H and O–H groups in total. The van der Waals surface area contributed by atoms with Crippen LogP contribution in [0.25, 0.3) is 0 Å². The van der Waals surface area contributed by atoms with Gasteiger partial charge in [-0.25, -0.2) is 0 Å². The first-order valence-electron chi connectivity index (χ1n) is 3.46. The van der Waals surface area contributed by atoms with E-state index in [9.17, 15) is 0 Å². The van der Waals surface area contributed by atoms with Crippen molar-refractivity contribution in [1.82, 2.24) is 0 Å². The normalized spacial score (nSPS) is 15.2. The summed E-state index contributed by atoms with van der Waals surface area (Å²) in [6.07, 6.45) is 5.22. The molecule has 0 saturated carbocycles. The van der Waals surface area contributed by atoms with Crippen molar-refractivity contribution < 1.29 is 0 Å². The van der Waals surface area contributed by atoms with Gasteiger partial charge in [-0.05, 0) is 26.2 Å². The Morgan fingerprint density at radius 1 is 1.67 bits per heavy atom. The predicted molar refractivity (Wildman–Crippen MR) is 43.4 cm³/mol. The Morgan fingerprint density at radius 2 is 2.22 bits per heavy atom. The Kier molecular flexibility index (Phi) is 4.12. The quantitative estimate of drug-likeness (QED) is 0.507. The molecule has 9 heavy (non-hydrogen) atoms. The van der Waals surface area contributed by atoms with Crippen LogP contribution in [0.1, 0.15) is 27.2 Å². The Balaban J connectivity index is 3.72. The third-order valence-electron chi connectivity index (χ3n) is 1.75. The minimum Gasteiger partial charge on any atom is -0.103 e. The summed E-state index contributed by atoms with van der Waals surface area (Å²) in [5.74, 6) is 0.674. The molecule has 0 bridgehead atoms. The number of hydrogen-bond donors (Lipinski definition) is 0. The predicted octanol–water partition coefficient (Wildman–Crippen LogP) is 3.16. The Morgan fingerprint density at radius 3 is 2.56 bits per heavy atom.